The smallest absolute Gasteiger partial charge is 0.329 e. The van der Waals surface area contributed by atoms with Gasteiger partial charge in [0.05, 0.1) is 10.9 Å². The number of aromatic nitrogens is 2. The number of nitrogens with one attached hydrogen (secondary N) is 2. The molecule has 0 saturated carbocycles. The van der Waals surface area contributed by atoms with Crippen molar-refractivity contribution in [3.05, 3.63) is 105 Å². The van der Waals surface area contributed by atoms with Gasteiger partial charge in [-0.05, 0) is 42.0 Å². The Morgan fingerprint density at radius 3 is 2.37 bits per heavy atom. The van der Waals surface area contributed by atoms with Crippen LogP contribution < -0.4 is 21.3 Å². The zero-order chi connectivity index (χ0) is 20.9. The molecule has 1 heterocycles. The molecule has 4 rings (SSSR count). The number of H-pyrrole nitrogens is 1. The van der Waals surface area contributed by atoms with E-state index in [9.17, 15) is 14.4 Å². The molecule has 1 amide bonds. The molecule has 0 fully saturated rings. The number of fused-ring (bicyclic) bond motifs is 1. The SMILES string of the molecule is O=C(Cn1c(=O)[nH]c(=O)c2ccccc21)Nc1ccc(OCc2ccccc2)cc1. The molecule has 0 aliphatic carbocycles. The monoisotopic (exact) mass is 401 g/mol. The number of carbonyl (C=O) groups excluding carboxylic acids is 1. The van der Waals surface area contributed by atoms with E-state index < -0.39 is 11.2 Å². The number of benzene rings is 3. The number of hydrogen-bond acceptors (Lipinski definition) is 4. The molecule has 30 heavy (non-hydrogen) atoms. The first kappa shape index (κ1) is 19.2. The van der Waals surface area contributed by atoms with Crippen LogP contribution >= 0.6 is 0 Å². The highest BCUT2D eigenvalue weighted by Gasteiger charge is 2.11. The van der Waals surface area contributed by atoms with Gasteiger partial charge in [-0.25, -0.2) is 4.79 Å². The molecule has 1 aromatic heterocycles. The number of nitrogens with zero attached hydrogens (tertiary/aromatic N) is 1. The third-order valence-electron chi connectivity index (χ3n) is 4.59. The number of rotatable bonds is 6. The van der Waals surface area contributed by atoms with E-state index in [1.54, 1.807) is 48.5 Å². The molecule has 4 aromatic rings. The van der Waals surface area contributed by atoms with E-state index in [4.69, 9.17) is 4.74 Å². The summed E-state index contributed by atoms with van der Waals surface area (Å²) in [6.45, 7) is 0.233. The van der Waals surface area contributed by atoms with Crippen molar-refractivity contribution in [3.63, 3.8) is 0 Å². The number of aromatic amines is 1. The molecule has 0 bridgehead atoms. The second kappa shape index (κ2) is 8.48. The lowest BCUT2D eigenvalue weighted by molar-refractivity contribution is -0.116. The summed E-state index contributed by atoms with van der Waals surface area (Å²) in [7, 11) is 0. The Balaban J connectivity index is 1.43. The van der Waals surface area contributed by atoms with Crippen molar-refractivity contribution in [3.8, 4) is 5.75 Å². The quantitative estimate of drug-likeness (QED) is 0.520. The molecule has 7 heteroatoms. The second-order valence-corrected chi connectivity index (χ2v) is 6.71. The van der Waals surface area contributed by atoms with Crippen molar-refractivity contribution in [1.82, 2.24) is 9.55 Å². The van der Waals surface area contributed by atoms with Crippen LogP contribution in [0.4, 0.5) is 5.69 Å². The number of para-hydroxylation sites is 1. The van der Waals surface area contributed by atoms with Crippen molar-refractivity contribution >= 4 is 22.5 Å². The predicted molar refractivity (Wildman–Crippen MR) is 115 cm³/mol. The average Bonchev–Trinajstić information content (AvgIpc) is 2.77. The first-order chi connectivity index (χ1) is 14.6. The summed E-state index contributed by atoms with van der Waals surface area (Å²) in [6.07, 6.45) is 0. The van der Waals surface area contributed by atoms with E-state index in [-0.39, 0.29) is 12.5 Å². The lowest BCUT2D eigenvalue weighted by Crippen LogP contribution is -2.33. The Morgan fingerprint density at radius 2 is 1.60 bits per heavy atom. The fourth-order valence-electron chi connectivity index (χ4n) is 3.12. The zero-order valence-electron chi connectivity index (χ0n) is 16.0. The molecule has 7 nitrogen and oxygen atoms in total. The molecule has 0 atom stereocenters. The molecule has 150 valence electrons. The first-order valence-corrected chi connectivity index (χ1v) is 9.39. The Bertz CT molecular complexity index is 1290. The topological polar surface area (TPSA) is 93.2 Å². The van der Waals surface area contributed by atoms with Gasteiger partial charge in [0, 0.05) is 5.69 Å². The number of hydrogen-bond donors (Lipinski definition) is 2. The minimum atomic E-state index is -0.626. The molecular weight excluding hydrogens is 382 g/mol. The van der Waals surface area contributed by atoms with Gasteiger partial charge < -0.3 is 10.1 Å². The molecule has 0 spiro atoms. The Kier molecular flexibility index (Phi) is 5.43. The van der Waals surface area contributed by atoms with Gasteiger partial charge >= 0.3 is 5.69 Å². The summed E-state index contributed by atoms with van der Waals surface area (Å²) in [5.41, 5.74) is 0.949. The van der Waals surface area contributed by atoms with E-state index in [0.717, 1.165) is 5.56 Å². The summed E-state index contributed by atoms with van der Waals surface area (Å²) in [5.74, 6) is 0.298. The Morgan fingerprint density at radius 1 is 0.900 bits per heavy atom. The normalized spacial score (nSPS) is 10.7. The van der Waals surface area contributed by atoms with Gasteiger partial charge in [0.2, 0.25) is 5.91 Å². The molecule has 0 aliphatic heterocycles. The Labute approximate surface area is 171 Å². The molecular formula is C23H19N3O4. The van der Waals surface area contributed by atoms with Crippen molar-refractivity contribution in [2.75, 3.05) is 5.32 Å². The highest BCUT2D eigenvalue weighted by molar-refractivity contribution is 5.91. The molecule has 2 N–H and O–H groups in total. The highest BCUT2D eigenvalue weighted by atomic mass is 16.5. The van der Waals surface area contributed by atoms with Gasteiger partial charge in [-0.15, -0.1) is 0 Å². The minimum absolute atomic E-state index is 0.220. The maximum atomic E-state index is 12.5. The van der Waals surface area contributed by atoms with E-state index in [0.29, 0.717) is 28.9 Å². The van der Waals surface area contributed by atoms with Crippen LogP contribution in [0, 0.1) is 0 Å². The maximum absolute atomic E-state index is 12.5. The maximum Gasteiger partial charge on any atom is 0.329 e. The minimum Gasteiger partial charge on any atom is -0.489 e. The van der Waals surface area contributed by atoms with Gasteiger partial charge in [-0.3, -0.25) is 19.1 Å². The average molecular weight is 401 g/mol. The lowest BCUT2D eigenvalue weighted by atomic mass is 10.2. The van der Waals surface area contributed by atoms with Crippen molar-refractivity contribution in [2.24, 2.45) is 0 Å². The molecule has 3 aromatic carbocycles. The van der Waals surface area contributed by atoms with Gasteiger partial charge in [0.15, 0.2) is 0 Å². The number of ether oxygens (including phenoxy) is 1. The highest BCUT2D eigenvalue weighted by Crippen LogP contribution is 2.17. The van der Waals surface area contributed by atoms with Crippen LogP contribution in [0.5, 0.6) is 5.75 Å². The van der Waals surface area contributed by atoms with Crippen molar-refractivity contribution in [2.45, 2.75) is 13.2 Å². The standard InChI is InChI=1S/C23H19N3O4/c27-21(14-26-20-9-5-4-8-19(20)22(28)25-23(26)29)24-17-10-12-18(13-11-17)30-15-16-6-2-1-3-7-16/h1-13H,14-15H2,(H,24,27)(H,25,28,29). The fraction of sp³-hybridized carbons (Fsp3) is 0.0870. The zero-order valence-corrected chi connectivity index (χ0v) is 16.0. The molecule has 0 radical (unpaired) electrons. The molecule has 0 aliphatic rings. The number of amides is 1. The summed E-state index contributed by atoms with van der Waals surface area (Å²) in [4.78, 5) is 38.8. The van der Waals surface area contributed by atoms with E-state index in [1.165, 1.54) is 4.57 Å². The van der Waals surface area contributed by atoms with E-state index in [2.05, 4.69) is 10.3 Å². The summed E-state index contributed by atoms with van der Waals surface area (Å²) < 4.78 is 6.97. The molecule has 0 saturated heterocycles. The predicted octanol–water partition coefficient (Wildman–Crippen LogP) is 2.91. The van der Waals surface area contributed by atoms with E-state index in [1.807, 2.05) is 30.3 Å². The van der Waals surface area contributed by atoms with Crippen LogP contribution in [-0.2, 0) is 17.9 Å². The fourth-order valence-corrected chi connectivity index (χ4v) is 3.12. The van der Waals surface area contributed by atoms with E-state index >= 15 is 0 Å². The third kappa shape index (κ3) is 4.30. The van der Waals surface area contributed by atoms with Gasteiger partial charge in [0.25, 0.3) is 5.56 Å². The van der Waals surface area contributed by atoms with Gasteiger partial charge in [0.1, 0.15) is 18.9 Å². The van der Waals surface area contributed by atoms with Crippen LogP contribution in [0.1, 0.15) is 5.56 Å². The summed E-state index contributed by atoms with van der Waals surface area (Å²) in [5, 5.41) is 3.10. The van der Waals surface area contributed by atoms with Crippen molar-refractivity contribution in [1.29, 1.82) is 0 Å². The van der Waals surface area contributed by atoms with Gasteiger partial charge in [-0.1, -0.05) is 42.5 Å². The van der Waals surface area contributed by atoms with Crippen LogP contribution in [0.25, 0.3) is 10.9 Å². The second-order valence-electron chi connectivity index (χ2n) is 6.71. The first-order valence-electron chi connectivity index (χ1n) is 9.39. The largest absolute Gasteiger partial charge is 0.489 e. The molecule has 0 unspecified atom stereocenters. The Hall–Kier alpha value is -4.13. The van der Waals surface area contributed by atoms with Gasteiger partial charge in [-0.2, -0.15) is 0 Å². The lowest BCUT2D eigenvalue weighted by Gasteiger charge is -2.11. The summed E-state index contributed by atoms with van der Waals surface area (Å²) in [6, 6.07) is 23.5. The van der Waals surface area contributed by atoms with Crippen LogP contribution in [-0.4, -0.2) is 15.5 Å². The summed E-state index contributed by atoms with van der Waals surface area (Å²) >= 11 is 0. The van der Waals surface area contributed by atoms with Crippen LogP contribution in [0.15, 0.2) is 88.5 Å². The van der Waals surface area contributed by atoms with Crippen LogP contribution in [0.3, 0.4) is 0 Å². The number of carbonyl (C=O) groups is 1. The van der Waals surface area contributed by atoms with Crippen molar-refractivity contribution < 1.29 is 9.53 Å². The van der Waals surface area contributed by atoms with Crippen LogP contribution in [0.2, 0.25) is 0 Å². The third-order valence-corrected chi connectivity index (χ3v) is 4.59. The number of anilines is 1.